The summed E-state index contributed by atoms with van der Waals surface area (Å²) in [5.41, 5.74) is 0. The van der Waals surface area contributed by atoms with Gasteiger partial charge in [-0.2, -0.15) is 0 Å². The lowest BCUT2D eigenvalue weighted by molar-refractivity contribution is 0.315. The van der Waals surface area contributed by atoms with E-state index in [1.54, 1.807) is 0 Å². The predicted molar refractivity (Wildman–Crippen MR) is 64.8 cm³/mol. The molecule has 0 aromatic heterocycles. The highest BCUT2D eigenvalue weighted by Gasteiger charge is 2.24. The Hall–Kier alpha value is -0.313. The van der Waals surface area contributed by atoms with Crippen LogP contribution < -0.4 is 5.19 Å². The molecular formula is C11H17ClOSi. The monoisotopic (exact) mass is 228 g/mol. The van der Waals surface area contributed by atoms with E-state index < -0.39 is 8.32 Å². The summed E-state index contributed by atoms with van der Waals surface area (Å²) >= 11 is 5.84. The number of halogens is 1. The normalized spacial score (nSPS) is 11.7. The highest BCUT2D eigenvalue weighted by Crippen LogP contribution is 2.10. The minimum absolute atomic E-state index is 0.786. The van der Waals surface area contributed by atoms with Crippen LogP contribution in [-0.4, -0.2) is 14.9 Å². The molecule has 1 aromatic carbocycles. The minimum atomic E-state index is -1.68. The molecule has 0 amide bonds. The second-order valence-corrected chi connectivity index (χ2v) is 8.19. The summed E-state index contributed by atoms with van der Waals surface area (Å²) in [4.78, 5) is 0. The number of hydrogen-bond donors (Lipinski definition) is 0. The molecule has 0 saturated carbocycles. The first-order valence-electron chi connectivity index (χ1n) is 4.96. The summed E-state index contributed by atoms with van der Waals surface area (Å²) in [6, 6.07) is 8.01. The molecule has 1 nitrogen and oxygen atoms in total. The van der Waals surface area contributed by atoms with Crippen molar-refractivity contribution in [2.75, 3.05) is 6.61 Å². The van der Waals surface area contributed by atoms with Crippen LogP contribution in [0.5, 0.6) is 0 Å². The number of benzene rings is 1. The molecule has 0 heterocycles. The van der Waals surface area contributed by atoms with Gasteiger partial charge in [0.15, 0.2) is 0 Å². The van der Waals surface area contributed by atoms with Crippen molar-refractivity contribution in [3.63, 3.8) is 0 Å². The Bertz CT molecular complexity index is 282. The number of hydrogen-bond acceptors (Lipinski definition) is 1. The molecule has 3 heteroatoms. The van der Waals surface area contributed by atoms with Crippen LogP contribution in [0.1, 0.15) is 13.3 Å². The molecule has 1 aromatic rings. The maximum absolute atomic E-state index is 5.90. The van der Waals surface area contributed by atoms with Crippen molar-refractivity contribution in [3.8, 4) is 0 Å². The quantitative estimate of drug-likeness (QED) is 0.720. The molecule has 0 aliphatic carbocycles. The second-order valence-electron chi connectivity index (χ2n) is 3.87. The molecule has 0 radical (unpaired) electrons. The zero-order valence-corrected chi connectivity index (χ0v) is 10.8. The zero-order chi connectivity index (χ0) is 10.6. The van der Waals surface area contributed by atoms with Gasteiger partial charge in [-0.25, -0.2) is 0 Å². The molecule has 14 heavy (non-hydrogen) atoms. The summed E-state index contributed by atoms with van der Waals surface area (Å²) in [7, 11) is -1.68. The molecule has 0 fully saturated rings. The van der Waals surface area contributed by atoms with Gasteiger partial charge in [-0.3, -0.25) is 0 Å². The standard InChI is InChI=1S/C11H17ClOSi/c1-4-9-13-14(2,3)11-7-5-10(12)6-8-11/h5-8H,4,9H2,1-3H3. The van der Waals surface area contributed by atoms with Crippen molar-refractivity contribution < 1.29 is 4.43 Å². The lowest BCUT2D eigenvalue weighted by Crippen LogP contribution is -2.44. The van der Waals surface area contributed by atoms with E-state index in [0.29, 0.717) is 0 Å². The molecule has 0 N–H and O–H groups in total. The van der Waals surface area contributed by atoms with E-state index in [1.807, 2.05) is 12.1 Å². The first kappa shape index (κ1) is 11.8. The summed E-state index contributed by atoms with van der Waals surface area (Å²) in [5.74, 6) is 0. The van der Waals surface area contributed by atoms with E-state index in [1.165, 1.54) is 5.19 Å². The summed E-state index contributed by atoms with van der Waals surface area (Å²) in [5, 5.41) is 2.09. The van der Waals surface area contributed by atoms with Gasteiger partial charge < -0.3 is 4.43 Å². The van der Waals surface area contributed by atoms with Crippen molar-refractivity contribution in [1.29, 1.82) is 0 Å². The highest BCUT2D eigenvalue weighted by atomic mass is 35.5. The van der Waals surface area contributed by atoms with Crippen LogP contribution in [0.4, 0.5) is 0 Å². The third-order valence-electron chi connectivity index (χ3n) is 2.21. The Balaban J connectivity index is 2.75. The van der Waals surface area contributed by atoms with E-state index in [0.717, 1.165) is 18.1 Å². The summed E-state index contributed by atoms with van der Waals surface area (Å²) in [6.07, 6.45) is 1.07. The lowest BCUT2D eigenvalue weighted by Gasteiger charge is -2.23. The van der Waals surface area contributed by atoms with Gasteiger partial charge in [-0.1, -0.05) is 30.7 Å². The fourth-order valence-electron chi connectivity index (χ4n) is 1.29. The minimum Gasteiger partial charge on any atom is -0.413 e. The first-order valence-corrected chi connectivity index (χ1v) is 8.25. The Morgan fingerprint density at radius 1 is 1.21 bits per heavy atom. The van der Waals surface area contributed by atoms with Gasteiger partial charge in [0.2, 0.25) is 8.32 Å². The molecule has 0 spiro atoms. The maximum Gasteiger partial charge on any atom is 0.218 e. The Morgan fingerprint density at radius 3 is 2.29 bits per heavy atom. The van der Waals surface area contributed by atoms with Gasteiger partial charge in [0.1, 0.15) is 0 Å². The highest BCUT2D eigenvalue weighted by molar-refractivity contribution is 6.84. The van der Waals surface area contributed by atoms with Gasteiger partial charge in [0, 0.05) is 11.6 Å². The molecule has 78 valence electrons. The van der Waals surface area contributed by atoms with Crippen LogP contribution >= 0.6 is 11.6 Å². The molecule has 0 atom stereocenters. The third-order valence-corrected chi connectivity index (χ3v) is 5.11. The molecular weight excluding hydrogens is 212 g/mol. The molecule has 0 unspecified atom stereocenters. The van der Waals surface area contributed by atoms with Crippen LogP contribution in [0.15, 0.2) is 24.3 Å². The van der Waals surface area contributed by atoms with Gasteiger partial charge in [0.05, 0.1) is 0 Å². The molecule has 0 saturated heterocycles. The van der Waals surface area contributed by atoms with Crippen molar-refractivity contribution in [2.24, 2.45) is 0 Å². The van der Waals surface area contributed by atoms with Crippen LogP contribution in [0.2, 0.25) is 18.1 Å². The van der Waals surface area contributed by atoms with E-state index >= 15 is 0 Å². The number of rotatable bonds is 4. The average Bonchev–Trinajstić information content (AvgIpc) is 2.16. The molecule has 0 bridgehead atoms. The fraction of sp³-hybridized carbons (Fsp3) is 0.455. The van der Waals surface area contributed by atoms with E-state index in [9.17, 15) is 0 Å². The van der Waals surface area contributed by atoms with Crippen LogP contribution in [-0.2, 0) is 4.43 Å². The van der Waals surface area contributed by atoms with Gasteiger partial charge in [0.25, 0.3) is 0 Å². The Morgan fingerprint density at radius 2 is 1.79 bits per heavy atom. The smallest absolute Gasteiger partial charge is 0.218 e. The van der Waals surface area contributed by atoms with Crippen molar-refractivity contribution in [3.05, 3.63) is 29.3 Å². The fourth-order valence-corrected chi connectivity index (χ4v) is 3.27. The average molecular weight is 229 g/mol. The largest absolute Gasteiger partial charge is 0.413 e. The van der Waals surface area contributed by atoms with Crippen LogP contribution in [0.25, 0.3) is 0 Å². The third kappa shape index (κ3) is 3.12. The van der Waals surface area contributed by atoms with Crippen LogP contribution in [0.3, 0.4) is 0 Å². The molecule has 0 aliphatic rings. The van der Waals surface area contributed by atoms with Crippen molar-refractivity contribution in [2.45, 2.75) is 26.4 Å². The lowest BCUT2D eigenvalue weighted by atomic mass is 10.4. The van der Waals surface area contributed by atoms with Crippen LogP contribution in [0, 0.1) is 0 Å². The van der Waals surface area contributed by atoms with Crippen molar-refractivity contribution >= 4 is 25.1 Å². The van der Waals surface area contributed by atoms with Gasteiger partial charge >= 0.3 is 0 Å². The predicted octanol–water partition coefficient (Wildman–Crippen LogP) is 3.18. The van der Waals surface area contributed by atoms with Gasteiger partial charge in [-0.05, 0) is 36.8 Å². The SMILES string of the molecule is CCCO[Si](C)(C)c1ccc(Cl)cc1. The summed E-state index contributed by atoms with van der Waals surface area (Å²) < 4.78 is 5.90. The zero-order valence-electron chi connectivity index (χ0n) is 9.01. The second kappa shape index (κ2) is 4.96. The summed E-state index contributed by atoms with van der Waals surface area (Å²) in [6.45, 7) is 7.41. The topological polar surface area (TPSA) is 9.23 Å². The van der Waals surface area contributed by atoms with Crippen molar-refractivity contribution in [1.82, 2.24) is 0 Å². The van der Waals surface area contributed by atoms with E-state index in [2.05, 4.69) is 32.2 Å². The van der Waals surface area contributed by atoms with E-state index in [-0.39, 0.29) is 0 Å². The van der Waals surface area contributed by atoms with Gasteiger partial charge in [-0.15, -0.1) is 0 Å². The Labute approximate surface area is 92.2 Å². The van der Waals surface area contributed by atoms with E-state index in [4.69, 9.17) is 16.0 Å². The molecule has 0 aliphatic heterocycles. The first-order chi connectivity index (χ1) is 6.56. The molecule has 1 rings (SSSR count). The maximum atomic E-state index is 5.90. The Kier molecular flexibility index (Phi) is 4.17.